The Morgan fingerprint density at radius 3 is 3.04 bits per heavy atom. The number of hydrogen-bond donors (Lipinski definition) is 1. The first-order chi connectivity index (χ1) is 11.0. The Balaban J connectivity index is 1.68. The summed E-state index contributed by atoms with van der Waals surface area (Å²) in [6, 6.07) is 3.40. The molecule has 1 aliphatic rings. The van der Waals surface area contributed by atoms with Gasteiger partial charge in [-0.3, -0.25) is 0 Å². The minimum absolute atomic E-state index is 0.108. The average molecular weight is 357 g/mol. The Kier molecular flexibility index (Phi) is 4.60. The van der Waals surface area contributed by atoms with Crippen LogP contribution in [0.5, 0.6) is 5.75 Å². The second kappa shape index (κ2) is 6.50. The van der Waals surface area contributed by atoms with Crippen molar-refractivity contribution in [3.8, 4) is 5.75 Å². The van der Waals surface area contributed by atoms with Crippen molar-refractivity contribution in [1.82, 2.24) is 14.3 Å². The molecular weight excluding hydrogens is 341 g/mol. The number of nitrogens with zero attached hydrogens (tertiary/aromatic N) is 2. The zero-order chi connectivity index (χ0) is 16.4. The van der Waals surface area contributed by atoms with Crippen molar-refractivity contribution in [3.63, 3.8) is 0 Å². The lowest BCUT2D eigenvalue weighted by Crippen LogP contribution is -2.26. The number of nitrogens with one attached hydrogen (secondary N) is 1. The standard InChI is InChI=1S/C14H16FN3O3S2/c1-21-12-3-2-10(15)8-13(12)23(19,20)16-5-4-11-9-18-6-7-22-14(18)17-11/h2-3,8-9,16H,4-7H2,1H3. The Bertz CT molecular complexity index is 799. The summed E-state index contributed by atoms with van der Waals surface area (Å²) in [5.41, 5.74) is 0.834. The van der Waals surface area contributed by atoms with Crippen molar-refractivity contribution >= 4 is 21.8 Å². The van der Waals surface area contributed by atoms with E-state index >= 15 is 0 Å². The van der Waals surface area contributed by atoms with Crippen LogP contribution in [0.15, 0.2) is 34.4 Å². The largest absolute Gasteiger partial charge is 0.495 e. The summed E-state index contributed by atoms with van der Waals surface area (Å²) in [5.74, 6) is 0.499. The number of hydrogen-bond acceptors (Lipinski definition) is 5. The van der Waals surface area contributed by atoms with E-state index in [1.807, 2.05) is 6.20 Å². The molecule has 0 radical (unpaired) electrons. The Hall–Kier alpha value is -1.58. The van der Waals surface area contributed by atoms with E-state index < -0.39 is 15.8 Å². The van der Waals surface area contributed by atoms with Gasteiger partial charge in [-0.25, -0.2) is 22.5 Å². The van der Waals surface area contributed by atoms with E-state index in [0.29, 0.717) is 6.42 Å². The molecule has 1 aromatic heterocycles. The van der Waals surface area contributed by atoms with Crippen molar-refractivity contribution in [2.75, 3.05) is 19.4 Å². The molecule has 0 unspecified atom stereocenters. The van der Waals surface area contributed by atoms with Crippen LogP contribution in [0.25, 0.3) is 0 Å². The van der Waals surface area contributed by atoms with Crippen LogP contribution in [-0.4, -0.2) is 37.4 Å². The van der Waals surface area contributed by atoms with E-state index in [1.165, 1.54) is 13.2 Å². The van der Waals surface area contributed by atoms with E-state index in [0.717, 1.165) is 35.3 Å². The Morgan fingerprint density at radius 1 is 1.48 bits per heavy atom. The molecule has 3 rings (SSSR count). The minimum Gasteiger partial charge on any atom is -0.495 e. The van der Waals surface area contributed by atoms with Gasteiger partial charge in [0.05, 0.1) is 12.8 Å². The first kappa shape index (κ1) is 16.3. The maximum Gasteiger partial charge on any atom is 0.244 e. The molecular formula is C14H16FN3O3S2. The summed E-state index contributed by atoms with van der Waals surface area (Å²) in [4.78, 5) is 4.23. The fourth-order valence-electron chi connectivity index (χ4n) is 2.33. The van der Waals surface area contributed by atoms with Crippen LogP contribution in [0.2, 0.25) is 0 Å². The van der Waals surface area contributed by atoms with Crippen molar-refractivity contribution in [2.24, 2.45) is 0 Å². The molecule has 124 valence electrons. The van der Waals surface area contributed by atoms with Crippen molar-refractivity contribution in [1.29, 1.82) is 0 Å². The highest BCUT2D eigenvalue weighted by atomic mass is 32.2. The SMILES string of the molecule is COc1ccc(F)cc1S(=O)(=O)NCCc1cn2c(n1)SCC2. The molecule has 0 aliphatic carbocycles. The minimum atomic E-state index is -3.85. The van der Waals surface area contributed by atoms with Crippen LogP contribution in [0.4, 0.5) is 4.39 Å². The van der Waals surface area contributed by atoms with E-state index in [4.69, 9.17) is 4.74 Å². The molecule has 0 amide bonds. The molecule has 0 spiro atoms. The predicted molar refractivity (Wildman–Crippen MR) is 84.8 cm³/mol. The Morgan fingerprint density at radius 2 is 2.30 bits per heavy atom. The lowest BCUT2D eigenvalue weighted by molar-refractivity contribution is 0.400. The van der Waals surface area contributed by atoms with Crippen molar-refractivity contribution in [3.05, 3.63) is 35.9 Å². The van der Waals surface area contributed by atoms with Gasteiger partial charge in [0.15, 0.2) is 5.16 Å². The van der Waals surface area contributed by atoms with Gasteiger partial charge in [0, 0.05) is 31.5 Å². The van der Waals surface area contributed by atoms with E-state index in [-0.39, 0.29) is 17.2 Å². The quantitative estimate of drug-likeness (QED) is 0.851. The molecule has 6 nitrogen and oxygen atoms in total. The molecule has 0 atom stereocenters. The second-order valence-corrected chi connectivity index (χ2v) is 7.80. The summed E-state index contributed by atoms with van der Waals surface area (Å²) in [5, 5.41) is 0.967. The number of imidazole rings is 1. The highest BCUT2D eigenvalue weighted by Crippen LogP contribution is 2.25. The smallest absolute Gasteiger partial charge is 0.244 e. The lowest BCUT2D eigenvalue weighted by Gasteiger charge is -2.10. The molecule has 1 aliphatic heterocycles. The number of sulfonamides is 1. The van der Waals surface area contributed by atoms with Crippen molar-refractivity contribution in [2.45, 2.75) is 23.0 Å². The van der Waals surface area contributed by atoms with Crippen LogP contribution in [-0.2, 0) is 23.0 Å². The first-order valence-corrected chi connectivity index (χ1v) is 9.48. The third-order valence-corrected chi connectivity index (χ3v) is 5.89. The molecule has 0 saturated carbocycles. The van der Waals surface area contributed by atoms with Crippen LogP contribution in [0.3, 0.4) is 0 Å². The highest BCUT2D eigenvalue weighted by Gasteiger charge is 2.20. The molecule has 23 heavy (non-hydrogen) atoms. The van der Waals surface area contributed by atoms with Gasteiger partial charge in [-0.1, -0.05) is 11.8 Å². The molecule has 2 heterocycles. The van der Waals surface area contributed by atoms with E-state index in [9.17, 15) is 12.8 Å². The normalized spacial score (nSPS) is 14.0. The fraction of sp³-hybridized carbons (Fsp3) is 0.357. The zero-order valence-corrected chi connectivity index (χ0v) is 14.1. The highest BCUT2D eigenvalue weighted by molar-refractivity contribution is 7.99. The summed E-state index contributed by atoms with van der Waals surface area (Å²) >= 11 is 1.69. The topological polar surface area (TPSA) is 73.2 Å². The lowest BCUT2D eigenvalue weighted by atomic mass is 10.3. The van der Waals surface area contributed by atoms with Gasteiger partial charge in [0.1, 0.15) is 16.5 Å². The number of ether oxygens (including phenoxy) is 1. The van der Waals surface area contributed by atoms with Gasteiger partial charge < -0.3 is 9.30 Å². The average Bonchev–Trinajstić information content (AvgIpc) is 3.08. The summed E-state index contributed by atoms with van der Waals surface area (Å²) in [6.45, 7) is 1.11. The van der Waals surface area contributed by atoms with Gasteiger partial charge in [-0.05, 0) is 18.2 Å². The van der Waals surface area contributed by atoms with Gasteiger partial charge in [-0.2, -0.15) is 0 Å². The fourth-order valence-corrected chi connectivity index (χ4v) is 4.51. The van der Waals surface area contributed by atoms with Crippen LogP contribution in [0, 0.1) is 5.82 Å². The summed E-state index contributed by atoms with van der Waals surface area (Å²) < 4.78 is 47.5. The third-order valence-electron chi connectivity index (χ3n) is 3.44. The summed E-state index contributed by atoms with van der Waals surface area (Å²) in [6.07, 6.45) is 2.41. The second-order valence-electron chi connectivity index (χ2n) is 5.00. The zero-order valence-electron chi connectivity index (χ0n) is 12.5. The maximum atomic E-state index is 13.3. The number of rotatable bonds is 6. The number of benzene rings is 1. The van der Waals surface area contributed by atoms with Crippen molar-refractivity contribution < 1.29 is 17.5 Å². The van der Waals surface area contributed by atoms with Crippen LogP contribution in [0.1, 0.15) is 5.69 Å². The predicted octanol–water partition coefficient (Wildman–Crippen LogP) is 1.66. The van der Waals surface area contributed by atoms with Gasteiger partial charge in [-0.15, -0.1) is 0 Å². The Labute approximate surface area is 138 Å². The molecule has 0 bridgehead atoms. The number of aryl methyl sites for hydroxylation is 1. The van der Waals surface area contributed by atoms with Crippen LogP contribution < -0.4 is 9.46 Å². The summed E-state index contributed by atoms with van der Waals surface area (Å²) in [7, 11) is -2.50. The maximum absolute atomic E-state index is 13.3. The molecule has 2 aromatic rings. The molecule has 9 heteroatoms. The van der Waals surface area contributed by atoms with E-state index in [1.54, 1.807) is 11.8 Å². The monoisotopic (exact) mass is 357 g/mol. The van der Waals surface area contributed by atoms with Gasteiger partial charge in [0.2, 0.25) is 10.0 Å². The molecule has 1 N–H and O–H groups in total. The van der Waals surface area contributed by atoms with Gasteiger partial charge in [0.25, 0.3) is 0 Å². The number of fused-ring (bicyclic) bond motifs is 1. The molecule has 0 fully saturated rings. The molecule has 0 saturated heterocycles. The van der Waals surface area contributed by atoms with Gasteiger partial charge >= 0.3 is 0 Å². The van der Waals surface area contributed by atoms with Crippen LogP contribution >= 0.6 is 11.8 Å². The number of halogens is 1. The number of aromatic nitrogens is 2. The first-order valence-electron chi connectivity index (χ1n) is 7.01. The third kappa shape index (κ3) is 3.51. The molecule has 1 aromatic carbocycles. The number of thioether (sulfide) groups is 1. The number of methoxy groups -OCH3 is 1. The van der Waals surface area contributed by atoms with E-state index in [2.05, 4.69) is 14.3 Å².